The number of carbonyl (C=O) groups is 2. The zero-order valence-corrected chi connectivity index (χ0v) is 15.8. The smallest absolute Gasteiger partial charge is 0.264 e. The predicted octanol–water partition coefficient (Wildman–Crippen LogP) is 3.06. The Morgan fingerprint density at radius 2 is 1.85 bits per heavy atom. The van der Waals surface area contributed by atoms with Crippen molar-refractivity contribution in [3.05, 3.63) is 64.1 Å². The van der Waals surface area contributed by atoms with Gasteiger partial charge in [0.05, 0.1) is 10.6 Å². The lowest BCUT2D eigenvalue weighted by Crippen LogP contribution is -2.20. The second-order valence-corrected chi connectivity index (χ2v) is 7.18. The largest absolute Gasteiger partial charge is 0.484 e. The quantitative estimate of drug-likeness (QED) is 0.779. The number of aryl methyl sites for hydroxylation is 2. The standard InChI is InChI=1S/C20H19N3O3S/c1-12-7-13(2)9-15(8-12)22-20-23-19(25)17(27-20)10-14-3-5-16(6-4-14)26-11-18(21)24/h3-10H,11H2,1-2H3,(H2,21,24)(H,22,23,25)/b17-10-. The molecule has 2 aromatic rings. The number of amides is 2. The molecule has 3 N–H and O–H groups in total. The van der Waals surface area contributed by atoms with E-state index in [1.807, 2.05) is 26.0 Å². The van der Waals surface area contributed by atoms with Gasteiger partial charge in [-0.15, -0.1) is 0 Å². The summed E-state index contributed by atoms with van der Waals surface area (Å²) in [7, 11) is 0. The van der Waals surface area contributed by atoms with Crippen LogP contribution in [0.4, 0.5) is 5.69 Å². The molecule has 1 aliphatic heterocycles. The molecule has 0 aliphatic carbocycles. The van der Waals surface area contributed by atoms with E-state index in [-0.39, 0.29) is 12.5 Å². The summed E-state index contributed by atoms with van der Waals surface area (Å²) < 4.78 is 5.22. The van der Waals surface area contributed by atoms with Gasteiger partial charge in [0.15, 0.2) is 11.8 Å². The second kappa shape index (κ2) is 8.09. The molecule has 0 bridgehead atoms. The summed E-state index contributed by atoms with van der Waals surface area (Å²) in [6.45, 7) is 3.86. The summed E-state index contributed by atoms with van der Waals surface area (Å²) in [5, 5.41) is 3.34. The molecule has 27 heavy (non-hydrogen) atoms. The van der Waals surface area contributed by atoms with E-state index in [4.69, 9.17) is 10.5 Å². The van der Waals surface area contributed by atoms with Gasteiger partial charge in [-0.2, -0.15) is 0 Å². The number of carbonyl (C=O) groups excluding carboxylic acids is 2. The summed E-state index contributed by atoms with van der Waals surface area (Å²) in [6, 6.07) is 13.1. The molecule has 2 amide bonds. The van der Waals surface area contributed by atoms with E-state index in [9.17, 15) is 9.59 Å². The topological polar surface area (TPSA) is 93.8 Å². The van der Waals surface area contributed by atoms with Crippen molar-refractivity contribution in [2.24, 2.45) is 10.7 Å². The Morgan fingerprint density at radius 3 is 2.48 bits per heavy atom. The number of nitrogens with one attached hydrogen (secondary N) is 1. The molecule has 1 saturated heterocycles. The number of thioether (sulfide) groups is 1. The van der Waals surface area contributed by atoms with E-state index in [2.05, 4.69) is 16.4 Å². The molecule has 0 spiro atoms. The van der Waals surface area contributed by atoms with Gasteiger partial charge in [-0.05, 0) is 72.6 Å². The summed E-state index contributed by atoms with van der Waals surface area (Å²) >= 11 is 1.30. The maximum atomic E-state index is 12.2. The molecule has 3 rings (SSSR count). The molecule has 0 unspecified atom stereocenters. The lowest BCUT2D eigenvalue weighted by molar-refractivity contribution is -0.120. The summed E-state index contributed by atoms with van der Waals surface area (Å²) in [6.07, 6.45) is 1.78. The summed E-state index contributed by atoms with van der Waals surface area (Å²) in [4.78, 5) is 28.0. The van der Waals surface area contributed by atoms with Crippen LogP contribution in [0.2, 0.25) is 0 Å². The van der Waals surface area contributed by atoms with Gasteiger partial charge in [-0.3, -0.25) is 9.59 Å². The van der Waals surface area contributed by atoms with Crippen LogP contribution in [0.15, 0.2) is 52.4 Å². The lowest BCUT2D eigenvalue weighted by atomic mass is 10.1. The molecular weight excluding hydrogens is 362 g/mol. The SMILES string of the molecule is Cc1cc(C)cc(N=C2NC(=O)/C(=C/c3ccc(OCC(N)=O)cc3)S2)c1. The molecule has 0 saturated carbocycles. The number of primary amides is 1. The molecule has 2 aromatic carbocycles. The van der Waals surface area contributed by atoms with Crippen molar-refractivity contribution in [3.8, 4) is 5.75 Å². The van der Waals surface area contributed by atoms with Crippen LogP contribution in [0.3, 0.4) is 0 Å². The number of hydrogen-bond acceptors (Lipinski definition) is 5. The fourth-order valence-corrected chi connectivity index (χ4v) is 3.42. The first-order chi connectivity index (χ1) is 12.9. The third kappa shape index (κ3) is 5.21. The van der Waals surface area contributed by atoms with Crippen molar-refractivity contribution >= 4 is 40.5 Å². The number of hydrogen-bond donors (Lipinski definition) is 2. The average molecular weight is 381 g/mol. The monoisotopic (exact) mass is 381 g/mol. The fourth-order valence-electron chi connectivity index (χ4n) is 2.58. The first-order valence-corrected chi connectivity index (χ1v) is 9.10. The van der Waals surface area contributed by atoms with Crippen LogP contribution in [0.5, 0.6) is 5.75 Å². The number of amidine groups is 1. The first kappa shape index (κ1) is 18.7. The van der Waals surface area contributed by atoms with E-state index >= 15 is 0 Å². The maximum Gasteiger partial charge on any atom is 0.264 e. The molecule has 7 heteroatoms. The minimum atomic E-state index is -0.532. The molecule has 0 aromatic heterocycles. The van der Waals surface area contributed by atoms with E-state index in [1.54, 1.807) is 30.3 Å². The van der Waals surface area contributed by atoms with Crippen LogP contribution in [0, 0.1) is 13.8 Å². The number of nitrogens with two attached hydrogens (primary N) is 1. The minimum absolute atomic E-state index is 0.170. The van der Waals surface area contributed by atoms with Crippen molar-refractivity contribution in [2.45, 2.75) is 13.8 Å². The van der Waals surface area contributed by atoms with Crippen LogP contribution in [0.25, 0.3) is 6.08 Å². The maximum absolute atomic E-state index is 12.2. The molecule has 1 fully saturated rings. The van der Waals surface area contributed by atoms with E-state index in [0.717, 1.165) is 22.4 Å². The highest BCUT2D eigenvalue weighted by Gasteiger charge is 2.23. The number of benzene rings is 2. The highest BCUT2D eigenvalue weighted by atomic mass is 32.2. The minimum Gasteiger partial charge on any atom is -0.484 e. The predicted molar refractivity (Wildman–Crippen MR) is 108 cm³/mol. The van der Waals surface area contributed by atoms with Crippen LogP contribution in [0.1, 0.15) is 16.7 Å². The van der Waals surface area contributed by atoms with Gasteiger partial charge < -0.3 is 15.8 Å². The van der Waals surface area contributed by atoms with Gasteiger partial charge in [-0.25, -0.2) is 4.99 Å². The van der Waals surface area contributed by atoms with Crippen LogP contribution < -0.4 is 15.8 Å². The molecule has 138 valence electrons. The van der Waals surface area contributed by atoms with Crippen LogP contribution in [-0.4, -0.2) is 23.6 Å². The van der Waals surface area contributed by atoms with Crippen molar-refractivity contribution in [1.29, 1.82) is 0 Å². The zero-order chi connectivity index (χ0) is 19.4. The highest BCUT2D eigenvalue weighted by molar-refractivity contribution is 8.18. The van der Waals surface area contributed by atoms with E-state index in [0.29, 0.717) is 15.8 Å². The molecular formula is C20H19N3O3S. The Hall–Kier alpha value is -3.06. The number of aliphatic imine (C=N–C) groups is 1. The van der Waals surface area contributed by atoms with Crippen molar-refractivity contribution < 1.29 is 14.3 Å². The number of ether oxygens (including phenoxy) is 1. The molecule has 6 nitrogen and oxygen atoms in total. The Labute approximate surface area is 161 Å². The molecule has 0 radical (unpaired) electrons. The van der Waals surface area contributed by atoms with Gasteiger partial charge in [0.2, 0.25) is 0 Å². The fraction of sp³-hybridized carbons (Fsp3) is 0.150. The third-order valence-electron chi connectivity index (χ3n) is 3.65. The molecule has 1 aliphatic rings. The van der Waals surface area contributed by atoms with Gasteiger partial charge >= 0.3 is 0 Å². The van der Waals surface area contributed by atoms with Crippen molar-refractivity contribution in [2.75, 3.05) is 6.61 Å². The Kier molecular flexibility index (Phi) is 5.61. The number of nitrogens with zero attached hydrogens (tertiary/aromatic N) is 1. The lowest BCUT2D eigenvalue weighted by Gasteiger charge is -2.03. The normalized spacial score (nSPS) is 16.6. The molecule has 0 atom stereocenters. The van der Waals surface area contributed by atoms with Gasteiger partial charge in [0.25, 0.3) is 11.8 Å². The van der Waals surface area contributed by atoms with E-state index in [1.165, 1.54) is 11.8 Å². The summed E-state index contributed by atoms with van der Waals surface area (Å²) in [5.74, 6) is -0.176. The zero-order valence-electron chi connectivity index (χ0n) is 15.0. The van der Waals surface area contributed by atoms with Crippen molar-refractivity contribution in [1.82, 2.24) is 5.32 Å². The van der Waals surface area contributed by atoms with Gasteiger partial charge in [0, 0.05) is 0 Å². The van der Waals surface area contributed by atoms with E-state index < -0.39 is 5.91 Å². The van der Waals surface area contributed by atoms with Crippen molar-refractivity contribution in [3.63, 3.8) is 0 Å². The second-order valence-electron chi connectivity index (χ2n) is 6.15. The number of rotatable bonds is 5. The van der Waals surface area contributed by atoms with Crippen LogP contribution in [-0.2, 0) is 9.59 Å². The third-order valence-corrected chi connectivity index (χ3v) is 4.56. The average Bonchev–Trinajstić information content (AvgIpc) is 2.92. The van der Waals surface area contributed by atoms with Crippen LogP contribution >= 0.6 is 11.8 Å². The Morgan fingerprint density at radius 1 is 1.19 bits per heavy atom. The summed E-state index contributed by atoms with van der Waals surface area (Å²) in [5.41, 5.74) is 8.95. The Balaban J connectivity index is 1.73. The highest BCUT2D eigenvalue weighted by Crippen LogP contribution is 2.29. The Bertz CT molecular complexity index is 929. The first-order valence-electron chi connectivity index (χ1n) is 8.28. The van der Waals surface area contributed by atoms with Gasteiger partial charge in [-0.1, -0.05) is 18.2 Å². The molecule has 1 heterocycles. The van der Waals surface area contributed by atoms with Gasteiger partial charge in [0.1, 0.15) is 5.75 Å².